The van der Waals surface area contributed by atoms with Crippen LogP contribution < -0.4 is 5.32 Å². The van der Waals surface area contributed by atoms with E-state index in [-0.39, 0.29) is 21.4 Å². The topological polar surface area (TPSA) is 92.2 Å². The third-order valence-corrected chi connectivity index (χ3v) is 4.23. The van der Waals surface area contributed by atoms with Crippen molar-refractivity contribution in [3.8, 4) is 0 Å². The number of rotatable bonds is 4. The van der Waals surface area contributed by atoms with E-state index in [1.807, 2.05) is 0 Å². The van der Waals surface area contributed by atoms with Crippen molar-refractivity contribution < 1.29 is 14.7 Å². The summed E-state index contributed by atoms with van der Waals surface area (Å²) >= 11 is 12.6. The number of hydrogen-bond acceptors (Lipinski definition) is 5. The van der Waals surface area contributed by atoms with Crippen LogP contribution in [0.5, 0.6) is 0 Å². The van der Waals surface area contributed by atoms with Crippen LogP contribution in [0.15, 0.2) is 17.6 Å². The SMILES string of the molecule is CC(NC(=O)c1cnc(Cl)c(Cl)c1)c1nc(C(=O)O)cs1. The quantitative estimate of drug-likeness (QED) is 0.830. The van der Waals surface area contributed by atoms with Gasteiger partial charge in [-0.15, -0.1) is 11.3 Å². The minimum absolute atomic E-state index is 0.0488. The summed E-state index contributed by atoms with van der Waals surface area (Å²) in [5.41, 5.74) is 0.207. The highest BCUT2D eigenvalue weighted by Gasteiger charge is 2.17. The predicted molar refractivity (Wildman–Crippen MR) is 79.2 cm³/mol. The van der Waals surface area contributed by atoms with Crippen molar-refractivity contribution in [1.29, 1.82) is 0 Å². The first kappa shape index (κ1) is 15.7. The van der Waals surface area contributed by atoms with E-state index in [1.165, 1.54) is 17.6 Å². The zero-order chi connectivity index (χ0) is 15.6. The average Bonchev–Trinajstić information content (AvgIpc) is 2.91. The van der Waals surface area contributed by atoms with Crippen molar-refractivity contribution in [1.82, 2.24) is 15.3 Å². The molecule has 21 heavy (non-hydrogen) atoms. The molecule has 0 saturated heterocycles. The molecule has 9 heteroatoms. The van der Waals surface area contributed by atoms with Crippen LogP contribution in [0.2, 0.25) is 10.2 Å². The summed E-state index contributed by atoms with van der Waals surface area (Å²) < 4.78 is 0. The maximum atomic E-state index is 12.0. The van der Waals surface area contributed by atoms with E-state index in [0.717, 1.165) is 11.3 Å². The van der Waals surface area contributed by atoms with Gasteiger partial charge in [-0.2, -0.15) is 0 Å². The molecule has 0 bridgehead atoms. The maximum absolute atomic E-state index is 12.0. The van der Waals surface area contributed by atoms with Gasteiger partial charge in [0.25, 0.3) is 5.91 Å². The number of nitrogens with one attached hydrogen (secondary N) is 1. The van der Waals surface area contributed by atoms with Crippen LogP contribution >= 0.6 is 34.5 Å². The number of nitrogens with zero attached hydrogens (tertiary/aromatic N) is 2. The summed E-state index contributed by atoms with van der Waals surface area (Å²) in [7, 11) is 0. The summed E-state index contributed by atoms with van der Waals surface area (Å²) in [6, 6.07) is 0.966. The Labute approximate surface area is 133 Å². The van der Waals surface area contributed by atoms with E-state index in [9.17, 15) is 9.59 Å². The van der Waals surface area contributed by atoms with Crippen LogP contribution in [0, 0.1) is 0 Å². The molecule has 2 aromatic heterocycles. The fraction of sp³-hybridized carbons (Fsp3) is 0.167. The first-order chi connectivity index (χ1) is 9.88. The van der Waals surface area contributed by atoms with Crippen LogP contribution in [-0.4, -0.2) is 27.0 Å². The minimum Gasteiger partial charge on any atom is -0.476 e. The number of aromatic nitrogens is 2. The first-order valence-electron chi connectivity index (χ1n) is 5.69. The molecule has 0 aliphatic carbocycles. The number of halogens is 2. The van der Waals surface area contributed by atoms with Crippen molar-refractivity contribution in [2.75, 3.05) is 0 Å². The number of hydrogen-bond donors (Lipinski definition) is 2. The molecule has 1 atom stereocenters. The largest absolute Gasteiger partial charge is 0.476 e. The lowest BCUT2D eigenvalue weighted by molar-refractivity contribution is 0.0691. The van der Waals surface area contributed by atoms with E-state index >= 15 is 0 Å². The molecular formula is C12H9Cl2N3O3S. The average molecular weight is 346 g/mol. The Kier molecular flexibility index (Phi) is 4.76. The van der Waals surface area contributed by atoms with Crippen molar-refractivity contribution in [3.05, 3.63) is 44.1 Å². The molecule has 0 aromatic carbocycles. The number of carboxylic acid groups (broad SMARTS) is 1. The van der Waals surface area contributed by atoms with Gasteiger partial charge >= 0.3 is 5.97 Å². The van der Waals surface area contributed by atoms with Crippen LogP contribution in [-0.2, 0) is 0 Å². The van der Waals surface area contributed by atoms with Gasteiger partial charge in [-0.3, -0.25) is 4.79 Å². The fourth-order valence-corrected chi connectivity index (χ4v) is 2.54. The Morgan fingerprint density at radius 2 is 2.14 bits per heavy atom. The van der Waals surface area contributed by atoms with E-state index in [0.29, 0.717) is 5.01 Å². The maximum Gasteiger partial charge on any atom is 0.355 e. The second-order valence-electron chi connectivity index (χ2n) is 4.07. The molecule has 0 aliphatic rings. The standard InChI is InChI=1S/C12H9Cl2N3O3S/c1-5(11-17-8(4-21-11)12(19)20)16-10(18)6-2-7(13)9(14)15-3-6/h2-5H,1H3,(H,16,18)(H,19,20). The van der Waals surface area contributed by atoms with E-state index in [1.54, 1.807) is 6.92 Å². The lowest BCUT2D eigenvalue weighted by Crippen LogP contribution is -2.26. The van der Waals surface area contributed by atoms with Gasteiger partial charge in [0.1, 0.15) is 10.2 Å². The molecule has 0 aliphatic heterocycles. The monoisotopic (exact) mass is 345 g/mol. The van der Waals surface area contributed by atoms with Crippen molar-refractivity contribution >= 4 is 46.4 Å². The van der Waals surface area contributed by atoms with Gasteiger partial charge in [-0.05, 0) is 13.0 Å². The van der Waals surface area contributed by atoms with Crippen LogP contribution in [0.1, 0.15) is 38.8 Å². The molecule has 0 spiro atoms. The van der Waals surface area contributed by atoms with Crippen molar-refractivity contribution in [3.63, 3.8) is 0 Å². The molecule has 1 amide bonds. The number of carbonyl (C=O) groups is 2. The summed E-state index contributed by atoms with van der Waals surface area (Å²) in [6.45, 7) is 1.70. The predicted octanol–water partition coefficient (Wildman–Crippen LogP) is 3.03. The molecule has 2 N–H and O–H groups in total. The van der Waals surface area contributed by atoms with Crippen LogP contribution in [0.3, 0.4) is 0 Å². The highest BCUT2D eigenvalue weighted by molar-refractivity contribution is 7.09. The number of amides is 1. The molecule has 6 nitrogen and oxygen atoms in total. The van der Waals surface area contributed by atoms with E-state index < -0.39 is 17.9 Å². The fourth-order valence-electron chi connectivity index (χ4n) is 1.47. The first-order valence-corrected chi connectivity index (χ1v) is 7.32. The van der Waals surface area contributed by atoms with Gasteiger partial charge in [-0.1, -0.05) is 23.2 Å². The summed E-state index contributed by atoms with van der Waals surface area (Å²) in [5.74, 6) is -1.51. The smallest absolute Gasteiger partial charge is 0.355 e. The van der Waals surface area contributed by atoms with E-state index in [4.69, 9.17) is 28.3 Å². The molecule has 110 valence electrons. The number of pyridine rings is 1. The highest BCUT2D eigenvalue weighted by atomic mass is 35.5. The zero-order valence-electron chi connectivity index (χ0n) is 10.6. The Morgan fingerprint density at radius 3 is 2.71 bits per heavy atom. The number of aromatic carboxylic acids is 1. The van der Waals surface area contributed by atoms with Crippen molar-refractivity contribution in [2.45, 2.75) is 13.0 Å². The van der Waals surface area contributed by atoms with Gasteiger partial charge in [0.15, 0.2) is 5.69 Å². The highest BCUT2D eigenvalue weighted by Crippen LogP contribution is 2.21. The summed E-state index contributed by atoms with van der Waals surface area (Å²) in [6.07, 6.45) is 1.31. The van der Waals surface area contributed by atoms with Gasteiger partial charge in [0.05, 0.1) is 16.6 Å². The van der Waals surface area contributed by atoms with E-state index in [2.05, 4.69) is 15.3 Å². The summed E-state index contributed by atoms with van der Waals surface area (Å²) in [4.78, 5) is 30.5. The Morgan fingerprint density at radius 1 is 1.43 bits per heavy atom. The molecule has 2 rings (SSSR count). The molecular weight excluding hydrogens is 337 g/mol. The number of carboxylic acids is 1. The third kappa shape index (κ3) is 3.69. The molecule has 0 saturated carbocycles. The van der Waals surface area contributed by atoms with Gasteiger partial charge < -0.3 is 10.4 Å². The second kappa shape index (κ2) is 6.38. The third-order valence-electron chi connectivity index (χ3n) is 2.52. The minimum atomic E-state index is -1.11. The molecule has 2 aromatic rings. The van der Waals surface area contributed by atoms with Gasteiger partial charge in [-0.25, -0.2) is 14.8 Å². The summed E-state index contributed by atoms with van der Waals surface area (Å²) in [5, 5.41) is 13.7. The molecule has 2 heterocycles. The van der Waals surface area contributed by atoms with Gasteiger partial charge in [0.2, 0.25) is 0 Å². The Bertz CT molecular complexity index is 705. The lowest BCUT2D eigenvalue weighted by Gasteiger charge is -2.11. The van der Waals surface area contributed by atoms with Crippen LogP contribution in [0.4, 0.5) is 0 Å². The lowest BCUT2D eigenvalue weighted by atomic mass is 10.2. The number of carbonyl (C=O) groups excluding carboxylic acids is 1. The molecule has 1 unspecified atom stereocenters. The second-order valence-corrected chi connectivity index (χ2v) is 5.72. The molecule has 0 fully saturated rings. The van der Waals surface area contributed by atoms with Gasteiger partial charge in [0, 0.05) is 11.6 Å². The normalized spacial score (nSPS) is 12.0. The van der Waals surface area contributed by atoms with Crippen molar-refractivity contribution in [2.24, 2.45) is 0 Å². The molecule has 0 radical (unpaired) electrons. The zero-order valence-corrected chi connectivity index (χ0v) is 13.0. The number of thiazole rings is 1. The Hall–Kier alpha value is -1.70. The van der Waals surface area contributed by atoms with Crippen LogP contribution in [0.25, 0.3) is 0 Å². The Balaban J connectivity index is 2.10.